The van der Waals surface area contributed by atoms with Crippen LogP contribution in [0.1, 0.15) is 56.9 Å². The van der Waals surface area contributed by atoms with Gasteiger partial charge in [0.25, 0.3) is 0 Å². The standard InChI is InChI=1S/C29H31BrN2O2/c1-32(2,3)15-6-16-34-29(33)21-11-14-26-24(18-21)25-17-20-7-4-5-8-23(20)27(25)28(31-26)19-9-12-22(30)13-10-19/h4-5,7-14,18,25,27-28H,6,15-17H2,1-3H3/p+1. The largest absolute Gasteiger partial charge is 0.462 e. The van der Waals surface area contributed by atoms with Crippen LogP contribution in [0.4, 0.5) is 5.69 Å². The minimum atomic E-state index is -0.230. The Bertz CT molecular complexity index is 1200. The van der Waals surface area contributed by atoms with E-state index >= 15 is 0 Å². The number of carbonyl (C=O) groups excluding carboxylic acids is 1. The van der Waals surface area contributed by atoms with Crippen LogP contribution in [0.3, 0.4) is 0 Å². The van der Waals surface area contributed by atoms with Gasteiger partial charge in [0.1, 0.15) is 0 Å². The monoisotopic (exact) mass is 519 g/mol. The van der Waals surface area contributed by atoms with Crippen LogP contribution in [0.15, 0.2) is 71.2 Å². The van der Waals surface area contributed by atoms with Crippen molar-refractivity contribution in [1.29, 1.82) is 0 Å². The number of esters is 1. The summed E-state index contributed by atoms with van der Waals surface area (Å²) < 4.78 is 7.57. The highest BCUT2D eigenvalue weighted by Gasteiger charge is 2.43. The van der Waals surface area contributed by atoms with Gasteiger partial charge in [-0.25, -0.2) is 4.79 Å². The fourth-order valence-electron chi connectivity index (χ4n) is 5.47. The molecule has 34 heavy (non-hydrogen) atoms. The minimum absolute atomic E-state index is 0.183. The Hall–Kier alpha value is -2.63. The summed E-state index contributed by atoms with van der Waals surface area (Å²) in [6.07, 6.45) is 1.85. The third kappa shape index (κ3) is 4.64. The number of benzene rings is 3. The summed E-state index contributed by atoms with van der Waals surface area (Å²) in [6.45, 7) is 1.42. The Morgan fingerprint density at radius 2 is 1.79 bits per heavy atom. The number of halogens is 1. The van der Waals surface area contributed by atoms with E-state index < -0.39 is 0 Å². The summed E-state index contributed by atoms with van der Waals surface area (Å²) in [7, 11) is 6.45. The Labute approximate surface area is 210 Å². The van der Waals surface area contributed by atoms with E-state index in [0.717, 1.165) is 34.0 Å². The molecule has 0 saturated carbocycles. The van der Waals surface area contributed by atoms with Gasteiger partial charge in [0.2, 0.25) is 0 Å². The predicted molar refractivity (Wildman–Crippen MR) is 140 cm³/mol. The number of rotatable bonds is 6. The lowest BCUT2D eigenvalue weighted by Gasteiger charge is -2.38. The first-order chi connectivity index (χ1) is 16.3. The third-order valence-corrected chi connectivity index (χ3v) is 7.61. The van der Waals surface area contributed by atoms with Crippen LogP contribution in [-0.2, 0) is 11.2 Å². The number of ether oxygens (including phenoxy) is 1. The molecule has 0 amide bonds. The molecule has 0 radical (unpaired) electrons. The van der Waals surface area contributed by atoms with Crippen molar-refractivity contribution in [2.24, 2.45) is 0 Å². The quantitative estimate of drug-likeness (QED) is 0.236. The van der Waals surface area contributed by atoms with E-state index in [-0.39, 0.29) is 12.0 Å². The molecule has 1 N–H and O–H groups in total. The molecule has 4 nitrogen and oxygen atoms in total. The number of fused-ring (bicyclic) bond motifs is 5. The Morgan fingerprint density at radius 3 is 2.56 bits per heavy atom. The molecule has 1 aliphatic carbocycles. The van der Waals surface area contributed by atoms with Gasteiger partial charge in [-0.15, -0.1) is 0 Å². The Balaban J connectivity index is 1.43. The molecule has 3 aromatic carbocycles. The number of nitrogens with one attached hydrogen (secondary N) is 1. The molecule has 0 spiro atoms. The van der Waals surface area contributed by atoms with Gasteiger partial charge in [0.05, 0.1) is 45.9 Å². The third-order valence-electron chi connectivity index (χ3n) is 7.08. The van der Waals surface area contributed by atoms with Crippen LogP contribution >= 0.6 is 15.9 Å². The van der Waals surface area contributed by atoms with Gasteiger partial charge in [0.15, 0.2) is 0 Å². The minimum Gasteiger partial charge on any atom is -0.462 e. The van der Waals surface area contributed by atoms with Crippen molar-refractivity contribution in [1.82, 2.24) is 0 Å². The maximum Gasteiger partial charge on any atom is 0.338 e. The number of anilines is 1. The van der Waals surface area contributed by atoms with Gasteiger partial charge in [-0.3, -0.25) is 0 Å². The molecular weight excluding hydrogens is 488 g/mol. The summed E-state index contributed by atoms with van der Waals surface area (Å²) in [5.74, 6) is 0.417. The molecule has 5 rings (SSSR count). The molecule has 1 heterocycles. The van der Waals surface area contributed by atoms with Crippen molar-refractivity contribution in [2.75, 3.05) is 39.6 Å². The summed E-state index contributed by atoms with van der Waals surface area (Å²) in [6, 6.07) is 23.6. The molecule has 3 atom stereocenters. The topological polar surface area (TPSA) is 38.3 Å². The molecule has 176 valence electrons. The number of nitrogens with zero attached hydrogens (tertiary/aromatic N) is 1. The summed E-state index contributed by atoms with van der Waals surface area (Å²) >= 11 is 3.57. The normalized spacial score (nSPS) is 20.6. The van der Waals surface area contributed by atoms with Crippen molar-refractivity contribution >= 4 is 27.6 Å². The lowest BCUT2D eigenvalue weighted by atomic mass is 9.75. The van der Waals surface area contributed by atoms with E-state index in [1.165, 1.54) is 22.3 Å². The van der Waals surface area contributed by atoms with Gasteiger partial charge in [-0.05, 0) is 64.9 Å². The highest BCUT2D eigenvalue weighted by atomic mass is 79.9. The second-order valence-corrected chi connectivity index (χ2v) is 11.4. The average Bonchev–Trinajstić information content (AvgIpc) is 3.21. The Morgan fingerprint density at radius 1 is 1.03 bits per heavy atom. The number of carbonyl (C=O) groups is 1. The van der Waals surface area contributed by atoms with E-state index in [1.807, 2.05) is 6.07 Å². The average molecular weight is 520 g/mol. The summed E-state index contributed by atoms with van der Waals surface area (Å²) in [5, 5.41) is 3.81. The lowest BCUT2D eigenvalue weighted by molar-refractivity contribution is -0.870. The zero-order valence-corrected chi connectivity index (χ0v) is 21.6. The van der Waals surface area contributed by atoms with Gasteiger partial charge in [-0.1, -0.05) is 52.3 Å². The van der Waals surface area contributed by atoms with Gasteiger partial charge >= 0.3 is 5.97 Å². The first kappa shape index (κ1) is 23.1. The van der Waals surface area contributed by atoms with E-state index in [9.17, 15) is 4.79 Å². The van der Waals surface area contributed by atoms with Crippen LogP contribution in [0, 0.1) is 0 Å². The first-order valence-corrected chi connectivity index (χ1v) is 12.8. The molecule has 0 bridgehead atoms. The molecule has 0 fully saturated rings. The predicted octanol–water partition coefficient (Wildman–Crippen LogP) is 6.29. The molecule has 3 aromatic rings. The second kappa shape index (κ2) is 9.20. The molecule has 2 aliphatic rings. The van der Waals surface area contributed by atoms with E-state index in [4.69, 9.17) is 4.74 Å². The fraction of sp³-hybridized carbons (Fsp3) is 0.345. The fourth-order valence-corrected chi connectivity index (χ4v) is 5.74. The second-order valence-electron chi connectivity index (χ2n) is 10.5. The van der Waals surface area contributed by atoms with Crippen LogP contribution in [0.25, 0.3) is 0 Å². The lowest BCUT2D eigenvalue weighted by Crippen LogP contribution is -2.35. The SMILES string of the molecule is C[N+](C)(C)CCCOC(=O)c1ccc2c(c1)C1Cc3ccccc3C1C(c1ccc(Br)cc1)N2. The summed E-state index contributed by atoms with van der Waals surface area (Å²) in [4.78, 5) is 12.8. The van der Waals surface area contributed by atoms with Crippen molar-refractivity contribution in [3.8, 4) is 0 Å². The van der Waals surface area contributed by atoms with Crippen LogP contribution in [0.2, 0.25) is 0 Å². The van der Waals surface area contributed by atoms with Crippen molar-refractivity contribution in [3.63, 3.8) is 0 Å². The molecule has 5 heteroatoms. The molecular formula is C29H32BrN2O2+. The molecule has 3 unspecified atom stereocenters. The molecule has 0 saturated heterocycles. The van der Waals surface area contributed by atoms with Crippen molar-refractivity contribution in [2.45, 2.75) is 30.7 Å². The number of hydrogen-bond acceptors (Lipinski definition) is 3. The van der Waals surface area contributed by atoms with Crippen molar-refractivity contribution < 1.29 is 14.0 Å². The van der Waals surface area contributed by atoms with Crippen LogP contribution < -0.4 is 5.32 Å². The smallest absolute Gasteiger partial charge is 0.338 e. The van der Waals surface area contributed by atoms with E-state index in [2.05, 4.69) is 103 Å². The van der Waals surface area contributed by atoms with Gasteiger partial charge in [0, 0.05) is 22.5 Å². The van der Waals surface area contributed by atoms with Crippen LogP contribution in [-0.4, -0.2) is 44.7 Å². The highest BCUT2D eigenvalue weighted by molar-refractivity contribution is 9.10. The number of quaternary nitrogens is 1. The van der Waals surface area contributed by atoms with Crippen molar-refractivity contribution in [3.05, 3.63) is 99.0 Å². The zero-order valence-electron chi connectivity index (χ0n) is 20.1. The van der Waals surface area contributed by atoms with Gasteiger partial charge in [-0.2, -0.15) is 0 Å². The highest BCUT2D eigenvalue weighted by Crippen LogP contribution is 2.56. The first-order valence-electron chi connectivity index (χ1n) is 12.0. The zero-order chi connectivity index (χ0) is 23.9. The van der Waals surface area contributed by atoms with E-state index in [1.54, 1.807) is 0 Å². The van der Waals surface area contributed by atoms with E-state index in [0.29, 0.717) is 24.0 Å². The number of hydrogen-bond donors (Lipinski definition) is 1. The Kier molecular flexibility index (Phi) is 6.26. The maximum absolute atomic E-state index is 12.8. The maximum atomic E-state index is 12.8. The summed E-state index contributed by atoms with van der Waals surface area (Å²) in [5.41, 5.74) is 7.07. The molecule has 0 aromatic heterocycles. The van der Waals surface area contributed by atoms with Gasteiger partial charge < -0.3 is 14.5 Å². The van der Waals surface area contributed by atoms with Crippen LogP contribution in [0.5, 0.6) is 0 Å². The molecule has 1 aliphatic heterocycles.